The highest BCUT2D eigenvalue weighted by Crippen LogP contribution is 2.25. The Morgan fingerprint density at radius 1 is 1.31 bits per heavy atom. The molecule has 0 aliphatic rings. The van der Waals surface area contributed by atoms with Gasteiger partial charge >= 0.3 is 6.18 Å². The second kappa shape index (κ2) is 4.89. The van der Waals surface area contributed by atoms with E-state index in [9.17, 15) is 21.6 Å². The van der Waals surface area contributed by atoms with Crippen LogP contribution in [0.2, 0.25) is 0 Å². The molecule has 0 radical (unpaired) electrons. The molecular formula is C8H16F3NO3S. The lowest BCUT2D eigenvalue weighted by Crippen LogP contribution is -2.37. The fourth-order valence-corrected chi connectivity index (χ4v) is 2.20. The molecule has 1 atom stereocenters. The average Bonchev–Trinajstić information content (AvgIpc) is 1.93. The lowest BCUT2D eigenvalue weighted by atomic mass is 9.98. The minimum Gasteiger partial charge on any atom is -0.368 e. The van der Waals surface area contributed by atoms with Crippen LogP contribution in [-0.4, -0.2) is 33.1 Å². The van der Waals surface area contributed by atoms with E-state index in [2.05, 4.69) is 4.74 Å². The van der Waals surface area contributed by atoms with E-state index in [1.165, 1.54) is 13.8 Å². The van der Waals surface area contributed by atoms with Crippen LogP contribution >= 0.6 is 0 Å². The van der Waals surface area contributed by atoms with Gasteiger partial charge in [0.2, 0.25) is 10.0 Å². The van der Waals surface area contributed by atoms with Crippen molar-refractivity contribution in [3.63, 3.8) is 0 Å². The van der Waals surface area contributed by atoms with E-state index in [0.717, 1.165) is 6.92 Å². The van der Waals surface area contributed by atoms with Crippen molar-refractivity contribution in [1.29, 1.82) is 0 Å². The first-order valence-corrected chi connectivity index (χ1v) is 6.24. The van der Waals surface area contributed by atoms with Crippen LogP contribution in [0, 0.1) is 5.41 Å². The van der Waals surface area contributed by atoms with Crippen LogP contribution in [0.15, 0.2) is 0 Å². The molecule has 0 rings (SSSR count). The van der Waals surface area contributed by atoms with Crippen molar-refractivity contribution in [1.82, 2.24) is 0 Å². The number of rotatable bonds is 5. The van der Waals surface area contributed by atoms with Gasteiger partial charge in [-0.2, -0.15) is 13.2 Å². The Morgan fingerprint density at radius 2 is 1.75 bits per heavy atom. The van der Waals surface area contributed by atoms with Crippen molar-refractivity contribution in [2.24, 2.45) is 10.6 Å². The third-order valence-corrected chi connectivity index (χ3v) is 2.96. The lowest BCUT2D eigenvalue weighted by molar-refractivity contribution is -0.219. The molecule has 0 saturated heterocycles. The zero-order chi connectivity index (χ0) is 13.2. The number of nitrogens with two attached hydrogens (primary N) is 1. The summed E-state index contributed by atoms with van der Waals surface area (Å²) in [6.07, 6.45) is -6.37. The molecule has 0 saturated carbocycles. The van der Waals surface area contributed by atoms with Gasteiger partial charge < -0.3 is 4.74 Å². The maximum Gasteiger partial charge on any atom is 0.414 e. The summed E-state index contributed by atoms with van der Waals surface area (Å²) in [6, 6.07) is 0. The van der Waals surface area contributed by atoms with Crippen molar-refractivity contribution in [2.45, 2.75) is 33.1 Å². The molecule has 0 aliphatic carbocycles. The first kappa shape index (κ1) is 15.7. The van der Waals surface area contributed by atoms with Gasteiger partial charge in [0.05, 0.1) is 12.4 Å². The normalized spacial score (nSPS) is 16.2. The van der Waals surface area contributed by atoms with Crippen molar-refractivity contribution in [2.75, 3.05) is 12.4 Å². The molecule has 0 aromatic carbocycles. The second-order valence-corrected chi connectivity index (χ2v) is 6.08. The van der Waals surface area contributed by atoms with Crippen molar-refractivity contribution >= 4 is 10.0 Å². The summed E-state index contributed by atoms with van der Waals surface area (Å²) in [4.78, 5) is 0. The smallest absolute Gasteiger partial charge is 0.368 e. The largest absolute Gasteiger partial charge is 0.414 e. The topological polar surface area (TPSA) is 69.4 Å². The van der Waals surface area contributed by atoms with Crippen LogP contribution in [0.25, 0.3) is 0 Å². The molecule has 0 aromatic heterocycles. The number of primary sulfonamides is 1. The molecule has 0 amide bonds. The number of hydrogen-bond acceptors (Lipinski definition) is 3. The highest BCUT2D eigenvalue weighted by atomic mass is 32.2. The van der Waals surface area contributed by atoms with Gasteiger partial charge in [-0.3, -0.25) is 0 Å². The number of sulfonamides is 1. The molecule has 8 heteroatoms. The van der Waals surface area contributed by atoms with E-state index in [-0.39, 0.29) is 6.61 Å². The molecule has 98 valence electrons. The van der Waals surface area contributed by atoms with E-state index in [1.807, 2.05) is 0 Å². The SMILES string of the molecule is CC(OCC(C)(C)CS(N)(=O)=O)C(F)(F)F. The molecule has 0 aromatic rings. The average molecular weight is 263 g/mol. The minimum atomic E-state index is -4.45. The molecule has 16 heavy (non-hydrogen) atoms. The van der Waals surface area contributed by atoms with Crippen LogP contribution in [-0.2, 0) is 14.8 Å². The summed E-state index contributed by atoms with van der Waals surface area (Å²) >= 11 is 0. The summed E-state index contributed by atoms with van der Waals surface area (Å²) in [5.41, 5.74) is -0.951. The molecule has 0 bridgehead atoms. The third kappa shape index (κ3) is 7.02. The number of halogens is 3. The molecule has 1 unspecified atom stereocenters. The Balaban J connectivity index is 4.30. The fourth-order valence-electron chi connectivity index (χ4n) is 1.03. The Kier molecular flexibility index (Phi) is 4.78. The first-order chi connectivity index (χ1) is 6.83. The number of hydrogen-bond donors (Lipinski definition) is 1. The van der Waals surface area contributed by atoms with Crippen LogP contribution < -0.4 is 5.14 Å². The predicted molar refractivity (Wildman–Crippen MR) is 53.2 cm³/mol. The van der Waals surface area contributed by atoms with Gasteiger partial charge in [-0.25, -0.2) is 13.6 Å². The first-order valence-electron chi connectivity index (χ1n) is 4.52. The summed E-state index contributed by atoms with van der Waals surface area (Å²) in [5.74, 6) is -0.426. The molecule has 4 nitrogen and oxygen atoms in total. The third-order valence-electron chi connectivity index (χ3n) is 1.78. The summed E-state index contributed by atoms with van der Waals surface area (Å²) in [6.45, 7) is 3.48. The van der Waals surface area contributed by atoms with E-state index in [4.69, 9.17) is 5.14 Å². The minimum absolute atomic E-state index is 0.329. The van der Waals surface area contributed by atoms with E-state index >= 15 is 0 Å². The zero-order valence-corrected chi connectivity index (χ0v) is 10.2. The number of alkyl halides is 3. The molecule has 2 N–H and O–H groups in total. The highest BCUT2D eigenvalue weighted by Gasteiger charge is 2.38. The van der Waals surface area contributed by atoms with Crippen LogP contribution in [0.4, 0.5) is 13.2 Å². The van der Waals surface area contributed by atoms with E-state index in [0.29, 0.717) is 0 Å². The quantitative estimate of drug-likeness (QED) is 0.812. The summed E-state index contributed by atoms with van der Waals surface area (Å²) in [7, 11) is -3.73. The zero-order valence-electron chi connectivity index (χ0n) is 9.34. The Hall–Kier alpha value is -0.340. The van der Waals surface area contributed by atoms with Gasteiger partial charge in [0, 0.05) is 5.41 Å². The van der Waals surface area contributed by atoms with Crippen molar-refractivity contribution < 1.29 is 26.3 Å². The second-order valence-electron chi connectivity index (χ2n) is 4.47. The van der Waals surface area contributed by atoms with Gasteiger partial charge in [0.15, 0.2) is 6.10 Å². The molecule has 0 aliphatic heterocycles. The van der Waals surface area contributed by atoms with Crippen LogP contribution in [0.1, 0.15) is 20.8 Å². The predicted octanol–water partition coefficient (Wildman–Crippen LogP) is 1.27. The fraction of sp³-hybridized carbons (Fsp3) is 1.00. The van der Waals surface area contributed by atoms with Crippen LogP contribution in [0.5, 0.6) is 0 Å². The highest BCUT2D eigenvalue weighted by molar-refractivity contribution is 7.89. The summed E-state index contributed by atoms with van der Waals surface area (Å²) in [5, 5.41) is 4.81. The van der Waals surface area contributed by atoms with Gasteiger partial charge in [0.1, 0.15) is 0 Å². The maximum absolute atomic E-state index is 12.1. The van der Waals surface area contributed by atoms with Gasteiger partial charge in [-0.05, 0) is 6.92 Å². The Bertz CT molecular complexity index is 324. The number of ether oxygens (including phenoxy) is 1. The van der Waals surface area contributed by atoms with Crippen molar-refractivity contribution in [3.05, 3.63) is 0 Å². The van der Waals surface area contributed by atoms with Crippen LogP contribution in [0.3, 0.4) is 0 Å². The van der Waals surface area contributed by atoms with Gasteiger partial charge in [0.25, 0.3) is 0 Å². The molecule has 0 heterocycles. The molecule has 0 fully saturated rings. The van der Waals surface area contributed by atoms with Gasteiger partial charge in [-0.15, -0.1) is 0 Å². The maximum atomic E-state index is 12.1. The monoisotopic (exact) mass is 263 g/mol. The van der Waals surface area contributed by atoms with E-state index in [1.54, 1.807) is 0 Å². The molecular weight excluding hydrogens is 247 g/mol. The van der Waals surface area contributed by atoms with Gasteiger partial charge in [-0.1, -0.05) is 13.8 Å². The van der Waals surface area contributed by atoms with Crippen molar-refractivity contribution in [3.8, 4) is 0 Å². The Labute approximate surface area is 93.0 Å². The lowest BCUT2D eigenvalue weighted by Gasteiger charge is -2.26. The summed E-state index contributed by atoms with van der Waals surface area (Å²) < 4.78 is 62.4. The Morgan fingerprint density at radius 3 is 2.06 bits per heavy atom. The standard InChI is InChI=1S/C8H16F3NO3S/c1-6(8(9,10)11)15-4-7(2,3)5-16(12,13)14/h6H,4-5H2,1-3H3,(H2,12,13,14). The molecule has 0 spiro atoms. The van der Waals surface area contributed by atoms with E-state index < -0.39 is 33.5 Å².